The lowest BCUT2D eigenvalue weighted by Gasteiger charge is -2.23. The van der Waals surface area contributed by atoms with Crippen LogP contribution in [0.5, 0.6) is 0 Å². The van der Waals surface area contributed by atoms with Gasteiger partial charge in [-0.25, -0.2) is 18.3 Å². The first-order chi connectivity index (χ1) is 15.3. The molecular formula is C21H18N4O6S. The number of sulfonamides is 1. The van der Waals surface area contributed by atoms with E-state index in [1.807, 2.05) is 42.5 Å². The average molecular weight is 454 g/mol. The second-order valence-electron chi connectivity index (χ2n) is 7.16. The van der Waals surface area contributed by atoms with Crippen molar-refractivity contribution in [2.24, 2.45) is 0 Å². The van der Waals surface area contributed by atoms with E-state index in [2.05, 4.69) is 14.9 Å². The minimum atomic E-state index is -4.14. The third-order valence-corrected chi connectivity index (χ3v) is 6.63. The quantitative estimate of drug-likeness (QED) is 0.322. The summed E-state index contributed by atoms with van der Waals surface area (Å²) in [6.45, 7) is 1.79. The Labute approximate surface area is 182 Å². The van der Waals surface area contributed by atoms with Crippen molar-refractivity contribution in [3.8, 4) is 0 Å². The largest absolute Gasteiger partial charge is 0.434 e. The van der Waals surface area contributed by atoms with E-state index >= 15 is 0 Å². The van der Waals surface area contributed by atoms with Gasteiger partial charge < -0.3 is 4.42 Å². The Hall–Kier alpha value is -3.83. The highest BCUT2D eigenvalue weighted by Crippen LogP contribution is 2.35. The molecule has 32 heavy (non-hydrogen) atoms. The Balaban J connectivity index is 1.76. The number of H-pyrrole nitrogens is 1. The van der Waals surface area contributed by atoms with E-state index in [1.165, 1.54) is 0 Å². The lowest BCUT2D eigenvalue weighted by atomic mass is 9.89. The van der Waals surface area contributed by atoms with Crippen LogP contribution in [0.3, 0.4) is 0 Å². The third kappa shape index (κ3) is 4.15. The van der Waals surface area contributed by atoms with Crippen LogP contribution in [0.15, 0.2) is 80.8 Å². The van der Waals surface area contributed by atoms with Crippen molar-refractivity contribution in [1.82, 2.24) is 14.9 Å². The van der Waals surface area contributed by atoms with Gasteiger partial charge in [0.25, 0.3) is 5.69 Å². The van der Waals surface area contributed by atoms with Crippen molar-refractivity contribution in [1.29, 1.82) is 0 Å². The van der Waals surface area contributed by atoms with Crippen LogP contribution in [-0.2, 0) is 10.0 Å². The first-order valence-corrected chi connectivity index (χ1v) is 11.0. The van der Waals surface area contributed by atoms with Crippen LogP contribution in [0.4, 0.5) is 5.69 Å². The predicted octanol–water partition coefficient (Wildman–Crippen LogP) is 3.25. The molecule has 0 radical (unpaired) electrons. The van der Waals surface area contributed by atoms with E-state index < -0.39 is 32.7 Å². The molecule has 2 atom stereocenters. The van der Waals surface area contributed by atoms with Gasteiger partial charge in [-0.2, -0.15) is 4.72 Å². The standard InChI is InChI=1S/C21H18N4O6S/c1-13(17-8-4-6-14-5-2-3-7-18(14)17)19(20-22-23-21(26)31-20)24-32(29,30)16-11-9-15(10-12-16)25(27)28/h2-13,19,24H,1H3,(H,23,26). The number of nitro benzene ring substituents is 1. The fourth-order valence-corrected chi connectivity index (χ4v) is 4.82. The fourth-order valence-electron chi connectivity index (χ4n) is 3.55. The number of benzene rings is 3. The molecule has 3 aromatic carbocycles. The van der Waals surface area contributed by atoms with E-state index in [-0.39, 0.29) is 16.5 Å². The molecule has 4 aromatic rings. The number of non-ortho nitro benzene ring substituents is 1. The summed E-state index contributed by atoms with van der Waals surface area (Å²) in [5, 5.41) is 18.7. The van der Waals surface area contributed by atoms with Gasteiger partial charge in [-0.05, 0) is 28.5 Å². The Bertz CT molecular complexity index is 1440. The summed E-state index contributed by atoms with van der Waals surface area (Å²) in [4.78, 5) is 21.7. The summed E-state index contributed by atoms with van der Waals surface area (Å²) in [7, 11) is -4.14. The van der Waals surface area contributed by atoms with E-state index in [1.54, 1.807) is 6.92 Å². The first kappa shape index (κ1) is 21.4. The number of fused-ring (bicyclic) bond motifs is 1. The summed E-state index contributed by atoms with van der Waals surface area (Å²) in [6, 6.07) is 16.8. The molecule has 2 unspecified atom stereocenters. The number of aromatic nitrogens is 2. The summed E-state index contributed by atoms with van der Waals surface area (Å²) in [6.07, 6.45) is 0. The molecule has 1 aromatic heterocycles. The molecule has 11 heteroatoms. The topological polar surface area (TPSA) is 148 Å². The van der Waals surface area contributed by atoms with E-state index in [9.17, 15) is 23.3 Å². The number of hydrogen-bond donors (Lipinski definition) is 2. The Morgan fingerprint density at radius 1 is 1.06 bits per heavy atom. The molecular weight excluding hydrogens is 436 g/mol. The highest BCUT2D eigenvalue weighted by molar-refractivity contribution is 7.89. The highest BCUT2D eigenvalue weighted by Gasteiger charge is 2.32. The molecule has 0 saturated carbocycles. The molecule has 0 spiro atoms. The number of rotatable bonds is 7. The van der Waals surface area contributed by atoms with Gasteiger partial charge in [-0.3, -0.25) is 10.1 Å². The molecule has 0 fully saturated rings. The number of aromatic amines is 1. The Morgan fingerprint density at radius 2 is 1.75 bits per heavy atom. The third-order valence-electron chi connectivity index (χ3n) is 5.17. The number of hydrogen-bond acceptors (Lipinski definition) is 7. The van der Waals surface area contributed by atoms with Crippen molar-refractivity contribution in [3.63, 3.8) is 0 Å². The molecule has 4 rings (SSSR count). The van der Waals surface area contributed by atoms with Gasteiger partial charge in [0.05, 0.1) is 9.82 Å². The molecule has 164 valence electrons. The summed E-state index contributed by atoms with van der Waals surface area (Å²) < 4.78 is 33.8. The van der Waals surface area contributed by atoms with E-state index in [0.717, 1.165) is 40.6 Å². The average Bonchev–Trinajstić information content (AvgIpc) is 3.22. The van der Waals surface area contributed by atoms with Crippen molar-refractivity contribution in [2.45, 2.75) is 23.8 Å². The number of nitro groups is 1. The fraction of sp³-hybridized carbons (Fsp3) is 0.143. The van der Waals surface area contributed by atoms with Crippen molar-refractivity contribution in [2.75, 3.05) is 0 Å². The van der Waals surface area contributed by atoms with Gasteiger partial charge in [0.15, 0.2) is 0 Å². The minimum absolute atomic E-state index is 0.124. The molecule has 0 aliphatic rings. The van der Waals surface area contributed by atoms with Gasteiger partial charge in [0, 0.05) is 18.1 Å². The predicted molar refractivity (Wildman–Crippen MR) is 116 cm³/mol. The SMILES string of the molecule is CC(c1cccc2ccccc12)C(NS(=O)(=O)c1ccc([N+](=O)[O-])cc1)c1n[nH]c(=O)o1. The Morgan fingerprint density at radius 3 is 2.41 bits per heavy atom. The lowest BCUT2D eigenvalue weighted by molar-refractivity contribution is -0.384. The van der Waals surface area contributed by atoms with Gasteiger partial charge in [-0.15, -0.1) is 5.10 Å². The summed E-state index contributed by atoms with van der Waals surface area (Å²) in [5.41, 5.74) is 0.591. The van der Waals surface area contributed by atoms with Crippen LogP contribution >= 0.6 is 0 Å². The Kier molecular flexibility index (Phi) is 5.59. The number of nitrogens with one attached hydrogen (secondary N) is 2. The summed E-state index contributed by atoms with van der Waals surface area (Å²) >= 11 is 0. The van der Waals surface area contributed by atoms with Crippen molar-refractivity contribution in [3.05, 3.63) is 98.8 Å². The molecule has 0 saturated heterocycles. The molecule has 10 nitrogen and oxygen atoms in total. The molecule has 0 bridgehead atoms. The van der Waals surface area contributed by atoms with Crippen molar-refractivity contribution < 1.29 is 17.8 Å². The highest BCUT2D eigenvalue weighted by atomic mass is 32.2. The second kappa shape index (κ2) is 8.36. The van der Waals surface area contributed by atoms with Crippen LogP contribution in [-0.4, -0.2) is 23.5 Å². The second-order valence-corrected chi connectivity index (χ2v) is 8.87. The van der Waals surface area contributed by atoms with Gasteiger partial charge in [0.1, 0.15) is 6.04 Å². The zero-order chi connectivity index (χ0) is 22.9. The molecule has 0 aliphatic carbocycles. The van der Waals surface area contributed by atoms with Crippen LogP contribution in [0.25, 0.3) is 10.8 Å². The van der Waals surface area contributed by atoms with Crippen LogP contribution < -0.4 is 10.5 Å². The normalized spacial score (nSPS) is 13.7. The van der Waals surface area contributed by atoms with Gasteiger partial charge in [-0.1, -0.05) is 49.4 Å². The van der Waals surface area contributed by atoms with Gasteiger partial charge >= 0.3 is 5.76 Å². The van der Waals surface area contributed by atoms with Gasteiger partial charge in [0.2, 0.25) is 15.9 Å². The maximum absolute atomic E-state index is 13.1. The van der Waals surface area contributed by atoms with E-state index in [0.29, 0.717) is 0 Å². The van der Waals surface area contributed by atoms with Crippen LogP contribution in [0.1, 0.15) is 30.3 Å². The smallest absolute Gasteiger partial charge is 0.391 e. The molecule has 2 N–H and O–H groups in total. The van der Waals surface area contributed by atoms with Crippen LogP contribution in [0.2, 0.25) is 0 Å². The minimum Gasteiger partial charge on any atom is -0.391 e. The molecule has 1 heterocycles. The number of nitrogens with zero attached hydrogens (tertiary/aromatic N) is 2. The molecule has 0 aliphatic heterocycles. The zero-order valence-electron chi connectivity index (χ0n) is 16.8. The lowest BCUT2D eigenvalue weighted by Crippen LogP contribution is -2.32. The zero-order valence-corrected chi connectivity index (χ0v) is 17.6. The van der Waals surface area contributed by atoms with Crippen LogP contribution in [0, 0.1) is 10.1 Å². The maximum Gasteiger partial charge on any atom is 0.434 e. The van der Waals surface area contributed by atoms with Crippen molar-refractivity contribution >= 4 is 26.5 Å². The maximum atomic E-state index is 13.1. The summed E-state index contributed by atoms with van der Waals surface area (Å²) in [5.74, 6) is -1.43. The monoisotopic (exact) mass is 454 g/mol. The van der Waals surface area contributed by atoms with E-state index in [4.69, 9.17) is 4.42 Å². The molecule has 0 amide bonds. The first-order valence-electron chi connectivity index (χ1n) is 9.56.